The maximum Gasteiger partial charge on any atom is 0.320 e. The molecule has 0 aliphatic carbocycles. The number of nitrogens with two attached hydrogens (primary N) is 1. The number of hydrogen-bond donors (Lipinski definition) is 2. The molecule has 188 valence electrons. The van der Waals surface area contributed by atoms with Crippen molar-refractivity contribution in [1.82, 2.24) is 15.1 Å². The molecular formula is C23H46N4O5. The molecule has 0 aromatic rings. The Kier molecular flexibility index (Phi) is 15.3. The number of nitrogens with zero attached hydrogens (tertiary/aromatic N) is 2. The van der Waals surface area contributed by atoms with Crippen LogP contribution < -0.4 is 11.1 Å². The highest BCUT2D eigenvalue weighted by Gasteiger charge is 2.20. The normalized spacial score (nSPS) is 12.3. The van der Waals surface area contributed by atoms with Gasteiger partial charge in [-0.25, -0.2) is 0 Å². The SMILES string of the molecule is CC(C)(C)OC(=O)CCCCN(CCN(CC=O)CCNCCN)CC(=O)OC(C)(C)C. The van der Waals surface area contributed by atoms with E-state index >= 15 is 0 Å². The molecule has 0 unspecified atom stereocenters. The summed E-state index contributed by atoms with van der Waals surface area (Å²) in [5.74, 6) is -0.491. The van der Waals surface area contributed by atoms with Crippen LogP contribution in [0.5, 0.6) is 0 Å². The van der Waals surface area contributed by atoms with Gasteiger partial charge in [-0.05, 0) is 60.9 Å². The number of esters is 2. The minimum Gasteiger partial charge on any atom is -0.460 e. The van der Waals surface area contributed by atoms with E-state index in [1.165, 1.54) is 0 Å². The highest BCUT2D eigenvalue weighted by Crippen LogP contribution is 2.11. The topological polar surface area (TPSA) is 114 Å². The molecule has 9 nitrogen and oxygen atoms in total. The van der Waals surface area contributed by atoms with Gasteiger partial charge in [0.25, 0.3) is 0 Å². The van der Waals surface area contributed by atoms with Crippen molar-refractivity contribution in [2.45, 2.75) is 72.0 Å². The van der Waals surface area contributed by atoms with Gasteiger partial charge < -0.3 is 25.3 Å². The Morgan fingerprint density at radius 3 is 2.00 bits per heavy atom. The highest BCUT2D eigenvalue weighted by atomic mass is 16.6. The predicted octanol–water partition coefficient (Wildman–Crippen LogP) is 1.19. The second-order valence-electron chi connectivity index (χ2n) is 9.91. The van der Waals surface area contributed by atoms with E-state index < -0.39 is 11.2 Å². The van der Waals surface area contributed by atoms with E-state index in [0.29, 0.717) is 45.6 Å². The third-order valence-electron chi connectivity index (χ3n) is 4.29. The van der Waals surface area contributed by atoms with Gasteiger partial charge in [0.1, 0.15) is 17.5 Å². The molecule has 0 radical (unpaired) electrons. The van der Waals surface area contributed by atoms with E-state index in [9.17, 15) is 14.4 Å². The van der Waals surface area contributed by atoms with Gasteiger partial charge in [-0.2, -0.15) is 0 Å². The Labute approximate surface area is 194 Å². The fourth-order valence-corrected chi connectivity index (χ4v) is 2.97. The van der Waals surface area contributed by atoms with Gasteiger partial charge in [0.15, 0.2) is 0 Å². The van der Waals surface area contributed by atoms with Crippen LogP contribution in [0.1, 0.15) is 60.8 Å². The first-order valence-corrected chi connectivity index (χ1v) is 11.6. The standard InChI is InChI=1S/C23H46N4O5/c1-22(2,3)31-20(29)9-7-8-13-27(19-21(30)32-23(4,5)6)16-15-26(17-18-28)14-12-25-11-10-24/h18,25H,7-17,19,24H2,1-6H3. The van der Waals surface area contributed by atoms with Crippen LogP contribution in [0, 0.1) is 0 Å². The summed E-state index contributed by atoms with van der Waals surface area (Å²) in [6, 6.07) is 0. The fraction of sp³-hybridized carbons (Fsp3) is 0.870. The van der Waals surface area contributed by atoms with Gasteiger partial charge in [-0.15, -0.1) is 0 Å². The smallest absolute Gasteiger partial charge is 0.320 e. The Bertz CT molecular complexity index is 543. The lowest BCUT2D eigenvalue weighted by Gasteiger charge is -2.28. The zero-order chi connectivity index (χ0) is 24.6. The summed E-state index contributed by atoms with van der Waals surface area (Å²) in [5, 5.41) is 3.22. The second-order valence-corrected chi connectivity index (χ2v) is 9.91. The molecule has 0 aliphatic rings. The zero-order valence-electron chi connectivity index (χ0n) is 21.1. The third kappa shape index (κ3) is 19.2. The quantitative estimate of drug-likeness (QED) is 0.188. The molecule has 0 saturated heterocycles. The monoisotopic (exact) mass is 458 g/mol. The van der Waals surface area contributed by atoms with Crippen molar-refractivity contribution in [2.75, 3.05) is 58.9 Å². The van der Waals surface area contributed by atoms with Crippen molar-refractivity contribution in [3.8, 4) is 0 Å². The van der Waals surface area contributed by atoms with Crippen LogP contribution in [0.2, 0.25) is 0 Å². The average Bonchev–Trinajstić information content (AvgIpc) is 2.63. The third-order valence-corrected chi connectivity index (χ3v) is 4.29. The Morgan fingerprint density at radius 1 is 0.844 bits per heavy atom. The Balaban J connectivity index is 4.71. The lowest BCUT2D eigenvalue weighted by Crippen LogP contribution is -2.42. The zero-order valence-corrected chi connectivity index (χ0v) is 21.1. The number of carbonyl (C=O) groups is 3. The molecule has 0 aromatic heterocycles. The lowest BCUT2D eigenvalue weighted by atomic mass is 10.2. The first kappa shape index (κ1) is 30.4. The minimum atomic E-state index is -0.544. The van der Waals surface area contributed by atoms with E-state index in [-0.39, 0.29) is 18.5 Å². The molecule has 32 heavy (non-hydrogen) atoms. The molecule has 0 rings (SSSR count). The second kappa shape index (κ2) is 16.1. The van der Waals surface area contributed by atoms with Crippen molar-refractivity contribution >= 4 is 18.2 Å². The van der Waals surface area contributed by atoms with E-state index in [1.54, 1.807) is 0 Å². The van der Waals surface area contributed by atoms with Crippen LogP contribution >= 0.6 is 0 Å². The number of hydrogen-bond acceptors (Lipinski definition) is 9. The first-order valence-electron chi connectivity index (χ1n) is 11.6. The fourth-order valence-electron chi connectivity index (χ4n) is 2.97. The maximum atomic E-state index is 12.4. The average molecular weight is 459 g/mol. The van der Waals surface area contributed by atoms with Crippen molar-refractivity contribution in [3.63, 3.8) is 0 Å². The van der Waals surface area contributed by atoms with Crippen molar-refractivity contribution in [1.29, 1.82) is 0 Å². The molecule has 0 aromatic carbocycles. The number of rotatable bonds is 17. The molecule has 0 atom stereocenters. The van der Waals surface area contributed by atoms with Gasteiger partial charge in [0, 0.05) is 45.7 Å². The molecule has 0 bridgehead atoms. The van der Waals surface area contributed by atoms with Crippen LogP contribution in [-0.4, -0.2) is 98.1 Å². The van der Waals surface area contributed by atoms with Gasteiger partial charge in [-0.1, -0.05) is 0 Å². The largest absolute Gasteiger partial charge is 0.460 e. The Morgan fingerprint density at radius 2 is 1.44 bits per heavy atom. The van der Waals surface area contributed by atoms with Gasteiger partial charge >= 0.3 is 11.9 Å². The van der Waals surface area contributed by atoms with Gasteiger partial charge in [-0.3, -0.25) is 19.4 Å². The summed E-state index contributed by atoms with van der Waals surface area (Å²) in [6.45, 7) is 16.3. The molecule has 9 heteroatoms. The van der Waals surface area contributed by atoms with Gasteiger partial charge in [0.05, 0.1) is 13.1 Å². The summed E-state index contributed by atoms with van der Waals surface area (Å²) < 4.78 is 10.8. The summed E-state index contributed by atoms with van der Waals surface area (Å²) in [4.78, 5) is 39.4. The number of carbonyl (C=O) groups excluding carboxylic acids is 3. The summed E-state index contributed by atoms with van der Waals surface area (Å²) in [7, 11) is 0. The van der Waals surface area contributed by atoms with E-state index in [1.807, 2.05) is 51.3 Å². The number of unbranched alkanes of at least 4 members (excludes halogenated alkanes) is 1. The van der Waals surface area contributed by atoms with Crippen molar-refractivity contribution in [2.24, 2.45) is 5.73 Å². The van der Waals surface area contributed by atoms with Crippen LogP contribution in [-0.2, 0) is 23.9 Å². The molecule has 0 aliphatic heterocycles. The minimum absolute atomic E-state index is 0.171. The number of ether oxygens (including phenoxy) is 2. The van der Waals surface area contributed by atoms with Crippen molar-refractivity contribution < 1.29 is 23.9 Å². The molecule has 0 amide bonds. The van der Waals surface area contributed by atoms with Crippen LogP contribution in [0.4, 0.5) is 0 Å². The van der Waals surface area contributed by atoms with Crippen LogP contribution in [0.15, 0.2) is 0 Å². The van der Waals surface area contributed by atoms with Crippen LogP contribution in [0.3, 0.4) is 0 Å². The molecule has 0 saturated carbocycles. The number of nitrogens with one attached hydrogen (secondary N) is 1. The molecule has 3 N–H and O–H groups in total. The van der Waals surface area contributed by atoms with Crippen molar-refractivity contribution in [3.05, 3.63) is 0 Å². The number of aldehydes is 1. The van der Waals surface area contributed by atoms with E-state index in [2.05, 4.69) is 5.32 Å². The van der Waals surface area contributed by atoms with Crippen LogP contribution in [0.25, 0.3) is 0 Å². The first-order chi connectivity index (χ1) is 14.9. The van der Waals surface area contributed by atoms with Gasteiger partial charge in [0.2, 0.25) is 0 Å². The molecule has 0 heterocycles. The summed E-state index contributed by atoms with van der Waals surface area (Å²) in [5.41, 5.74) is 4.46. The molecular weight excluding hydrogens is 412 g/mol. The lowest BCUT2D eigenvalue weighted by molar-refractivity contribution is -0.157. The highest BCUT2D eigenvalue weighted by molar-refractivity contribution is 5.72. The summed E-state index contributed by atoms with van der Waals surface area (Å²) >= 11 is 0. The Hall–Kier alpha value is -1.55. The van der Waals surface area contributed by atoms with E-state index in [0.717, 1.165) is 32.3 Å². The molecule has 0 spiro atoms. The summed E-state index contributed by atoms with van der Waals surface area (Å²) in [6.07, 6.45) is 2.68. The molecule has 0 fully saturated rings. The maximum absolute atomic E-state index is 12.4. The predicted molar refractivity (Wildman–Crippen MR) is 126 cm³/mol. The van der Waals surface area contributed by atoms with E-state index in [4.69, 9.17) is 15.2 Å².